The first-order valence-corrected chi connectivity index (χ1v) is 6.63. The fraction of sp³-hybridized carbons (Fsp3) is 0.692. The molecule has 0 bridgehead atoms. The van der Waals surface area contributed by atoms with E-state index < -0.39 is 0 Å². The molecule has 2 rings (SSSR count). The molecule has 21 heavy (non-hydrogen) atoms. The normalized spacial score (nSPS) is 17.2. The molecule has 8 heteroatoms. The number of hydrogen-bond acceptors (Lipinski definition) is 5. The lowest BCUT2D eigenvalue weighted by molar-refractivity contribution is 0.382. The minimum Gasteiger partial charge on any atom is -0.373 e. The highest BCUT2D eigenvalue weighted by Gasteiger charge is 2.18. The van der Waals surface area contributed by atoms with Crippen molar-refractivity contribution in [2.75, 3.05) is 33.0 Å². The van der Waals surface area contributed by atoms with Gasteiger partial charge < -0.3 is 15.5 Å². The van der Waals surface area contributed by atoms with E-state index in [4.69, 9.17) is 0 Å². The third-order valence-electron chi connectivity index (χ3n) is 3.15. The Hall–Kier alpha value is -0.330. The van der Waals surface area contributed by atoms with Crippen molar-refractivity contribution in [3.05, 3.63) is 17.6 Å². The Kier molecular flexibility index (Phi) is 12.3. The quantitative estimate of drug-likeness (QED) is 0.866. The second-order valence-electron chi connectivity index (χ2n) is 5.09. The van der Waals surface area contributed by atoms with Crippen LogP contribution in [0.15, 0.2) is 6.07 Å². The smallest absolute Gasteiger partial charge is 0.147 e. The molecule has 1 unspecified atom stereocenters. The molecule has 0 radical (unpaired) electrons. The van der Waals surface area contributed by atoms with Gasteiger partial charge in [0.15, 0.2) is 0 Å². The summed E-state index contributed by atoms with van der Waals surface area (Å²) in [5.41, 5.74) is 1.07. The second kappa shape index (κ2) is 11.3. The molecular weight excluding hydrogens is 333 g/mol. The summed E-state index contributed by atoms with van der Waals surface area (Å²) in [4.78, 5) is 11.4. The lowest BCUT2D eigenvalue weighted by Gasteiger charge is -2.23. The molecule has 124 valence electrons. The molecule has 0 spiro atoms. The van der Waals surface area contributed by atoms with Crippen molar-refractivity contribution >= 4 is 43.0 Å². The van der Waals surface area contributed by atoms with E-state index in [9.17, 15) is 0 Å². The number of nitrogens with zero attached hydrogens (tertiary/aromatic N) is 3. The molecule has 1 aromatic heterocycles. The van der Waals surface area contributed by atoms with Gasteiger partial charge in [-0.25, -0.2) is 9.97 Å². The highest BCUT2D eigenvalue weighted by Crippen LogP contribution is 2.21. The van der Waals surface area contributed by atoms with Crippen LogP contribution in [0.25, 0.3) is 0 Å². The first kappa shape index (κ1) is 22.9. The largest absolute Gasteiger partial charge is 0.373 e. The molecule has 2 heterocycles. The SMILES string of the molecule is CNc1cc(CN(C)C)nc(C2CCCCN2)n1.Cl.Cl.Cl. The van der Waals surface area contributed by atoms with Crippen LogP contribution in [0.5, 0.6) is 0 Å². The molecular formula is C13H26Cl3N5. The highest BCUT2D eigenvalue weighted by atomic mass is 35.5. The Labute approximate surface area is 145 Å². The van der Waals surface area contributed by atoms with Gasteiger partial charge in [-0.05, 0) is 33.5 Å². The van der Waals surface area contributed by atoms with Gasteiger partial charge in [-0.2, -0.15) is 0 Å². The molecule has 0 amide bonds. The van der Waals surface area contributed by atoms with Gasteiger partial charge in [0, 0.05) is 19.7 Å². The standard InChI is InChI=1S/C13H23N5.3ClH/c1-14-12-8-10(9-18(2)3)16-13(17-12)11-6-4-5-7-15-11;;;/h8,11,15H,4-7,9H2,1-3H3,(H,14,16,17);3*1H. The average Bonchev–Trinajstić information content (AvgIpc) is 2.38. The summed E-state index contributed by atoms with van der Waals surface area (Å²) in [5.74, 6) is 1.84. The van der Waals surface area contributed by atoms with Crippen LogP contribution >= 0.6 is 37.2 Å². The van der Waals surface area contributed by atoms with Crippen LogP contribution in [0, 0.1) is 0 Å². The van der Waals surface area contributed by atoms with Gasteiger partial charge in [0.25, 0.3) is 0 Å². The average molecular weight is 359 g/mol. The van der Waals surface area contributed by atoms with Crippen molar-refractivity contribution in [1.29, 1.82) is 0 Å². The lowest BCUT2D eigenvalue weighted by atomic mass is 10.0. The minimum atomic E-state index is 0. The molecule has 1 atom stereocenters. The molecule has 1 fully saturated rings. The van der Waals surface area contributed by atoms with Crippen molar-refractivity contribution in [1.82, 2.24) is 20.2 Å². The van der Waals surface area contributed by atoms with Crippen LogP contribution in [0.4, 0.5) is 5.82 Å². The summed E-state index contributed by atoms with van der Waals surface area (Å²) in [5, 5.41) is 6.62. The number of piperidine rings is 1. The maximum Gasteiger partial charge on any atom is 0.147 e. The van der Waals surface area contributed by atoms with Crippen molar-refractivity contribution in [3.63, 3.8) is 0 Å². The fourth-order valence-corrected chi connectivity index (χ4v) is 2.28. The van der Waals surface area contributed by atoms with Crippen molar-refractivity contribution < 1.29 is 0 Å². The van der Waals surface area contributed by atoms with Crippen molar-refractivity contribution in [3.8, 4) is 0 Å². The van der Waals surface area contributed by atoms with Crippen molar-refractivity contribution in [2.45, 2.75) is 31.8 Å². The van der Waals surface area contributed by atoms with Gasteiger partial charge in [0.1, 0.15) is 11.6 Å². The van der Waals surface area contributed by atoms with Crippen LogP contribution in [-0.2, 0) is 6.54 Å². The third-order valence-corrected chi connectivity index (χ3v) is 3.15. The van der Waals surface area contributed by atoms with E-state index >= 15 is 0 Å². The summed E-state index contributed by atoms with van der Waals surface area (Å²) in [7, 11) is 6.01. The molecule has 1 aliphatic rings. The molecule has 1 aliphatic heterocycles. The lowest BCUT2D eigenvalue weighted by Crippen LogP contribution is -2.29. The predicted molar refractivity (Wildman–Crippen MR) is 95.3 cm³/mol. The Morgan fingerprint density at radius 1 is 1.24 bits per heavy atom. The molecule has 0 aromatic carbocycles. The summed E-state index contributed by atoms with van der Waals surface area (Å²) in [6, 6.07) is 2.33. The van der Waals surface area contributed by atoms with Gasteiger partial charge in [-0.15, -0.1) is 37.2 Å². The van der Waals surface area contributed by atoms with Gasteiger partial charge in [-0.3, -0.25) is 0 Å². The first-order valence-electron chi connectivity index (χ1n) is 6.63. The van der Waals surface area contributed by atoms with E-state index in [2.05, 4.69) is 39.6 Å². The van der Waals surface area contributed by atoms with Gasteiger partial charge in [-0.1, -0.05) is 6.42 Å². The Morgan fingerprint density at radius 3 is 2.48 bits per heavy atom. The second-order valence-corrected chi connectivity index (χ2v) is 5.09. The molecule has 2 N–H and O–H groups in total. The third kappa shape index (κ3) is 6.98. The maximum absolute atomic E-state index is 4.69. The Morgan fingerprint density at radius 2 is 1.95 bits per heavy atom. The summed E-state index contributed by atoms with van der Waals surface area (Å²) < 4.78 is 0. The van der Waals surface area contributed by atoms with Crippen LogP contribution in [0.2, 0.25) is 0 Å². The summed E-state index contributed by atoms with van der Waals surface area (Å²) >= 11 is 0. The molecule has 0 aliphatic carbocycles. The predicted octanol–water partition coefficient (Wildman–Crippen LogP) is 2.66. The van der Waals surface area contributed by atoms with E-state index in [1.807, 2.05) is 13.1 Å². The maximum atomic E-state index is 4.69. The zero-order chi connectivity index (χ0) is 13.0. The zero-order valence-electron chi connectivity index (χ0n) is 12.8. The zero-order valence-corrected chi connectivity index (χ0v) is 15.2. The number of hydrogen-bond donors (Lipinski definition) is 2. The first-order chi connectivity index (χ1) is 8.69. The van der Waals surface area contributed by atoms with Crippen molar-refractivity contribution in [2.24, 2.45) is 0 Å². The number of aromatic nitrogens is 2. The van der Waals surface area contributed by atoms with Crippen LogP contribution < -0.4 is 10.6 Å². The van der Waals surface area contributed by atoms with Gasteiger partial charge in [0.2, 0.25) is 0 Å². The Balaban J connectivity index is 0. The number of halogens is 3. The topological polar surface area (TPSA) is 53.1 Å². The molecule has 5 nitrogen and oxygen atoms in total. The fourth-order valence-electron chi connectivity index (χ4n) is 2.28. The number of nitrogens with one attached hydrogen (secondary N) is 2. The number of anilines is 1. The highest BCUT2D eigenvalue weighted by molar-refractivity contribution is 5.86. The molecule has 1 aromatic rings. The van der Waals surface area contributed by atoms with Crippen LogP contribution in [-0.4, -0.2) is 42.6 Å². The number of rotatable bonds is 4. The Bertz CT molecular complexity index is 397. The van der Waals surface area contributed by atoms with E-state index in [0.29, 0.717) is 6.04 Å². The van der Waals surface area contributed by atoms with E-state index in [0.717, 1.165) is 36.8 Å². The summed E-state index contributed by atoms with van der Waals surface area (Å²) in [6.07, 6.45) is 3.65. The molecule has 1 saturated heterocycles. The minimum absolute atomic E-state index is 0. The van der Waals surface area contributed by atoms with Crippen LogP contribution in [0.1, 0.15) is 36.8 Å². The van der Waals surface area contributed by atoms with Gasteiger partial charge in [0.05, 0.1) is 11.7 Å². The van der Waals surface area contributed by atoms with Gasteiger partial charge >= 0.3 is 0 Å². The molecule has 0 saturated carbocycles. The van der Waals surface area contributed by atoms with E-state index in [1.165, 1.54) is 12.8 Å². The van der Waals surface area contributed by atoms with E-state index in [1.54, 1.807) is 0 Å². The monoisotopic (exact) mass is 357 g/mol. The summed E-state index contributed by atoms with van der Waals surface area (Å²) in [6.45, 7) is 1.91. The van der Waals surface area contributed by atoms with E-state index in [-0.39, 0.29) is 37.2 Å². The van der Waals surface area contributed by atoms with Crippen LogP contribution in [0.3, 0.4) is 0 Å².